The van der Waals surface area contributed by atoms with Gasteiger partial charge in [0.1, 0.15) is 17.4 Å². The van der Waals surface area contributed by atoms with Gasteiger partial charge in [-0.05, 0) is 23.7 Å². The lowest BCUT2D eigenvalue weighted by Crippen LogP contribution is -2.52. The minimum atomic E-state index is -4.87. The van der Waals surface area contributed by atoms with Gasteiger partial charge in [0.15, 0.2) is 17.7 Å². The van der Waals surface area contributed by atoms with Gasteiger partial charge in [0.2, 0.25) is 11.0 Å². The second kappa shape index (κ2) is 9.18. The molecule has 3 unspecified atom stereocenters. The van der Waals surface area contributed by atoms with Gasteiger partial charge in [-0.15, -0.1) is 0 Å². The molecule has 3 atom stereocenters. The number of furan rings is 1. The molecule has 4 rings (SSSR count). The van der Waals surface area contributed by atoms with Crippen LogP contribution in [0.3, 0.4) is 0 Å². The summed E-state index contributed by atoms with van der Waals surface area (Å²) in [5, 5.41) is 18.9. The Morgan fingerprint density at radius 2 is 1.94 bits per heavy atom. The van der Waals surface area contributed by atoms with Gasteiger partial charge in [-0.25, -0.2) is 19.0 Å². The number of nitrogens with zero attached hydrogens (tertiary/aromatic N) is 4. The topological polar surface area (TPSA) is 176 Å². The lowest BCUT2D eigenvalue weighted by atomic mass is 9.98. The number of alkyl halides is 4. The summed E-state index contributed by atoms with van der Waals surface area (Å²) in [6.45, 7) is -0.729. The molecule has 0 aliphatic carbocycles. The molecule has 0 spiro atoms. The van der Waals surface area contributed by atoms with Crippen LogP contribution in [0.25, 0.3) is 11.2 Å². The van der Waals surface area contributed by atoms with E-state index in [1.165, 1.54) is 10.9 Å². The quantitative estimate of drug-likeness (QED) is 0.218. The van der Waals surface area contributed by atoms with E-state index in [-0.39, 0.29) is 28.7 Å². The number of aliphatic carboxylic acids is 2. The number of imidazole rings is 1. The molecule has 0 bridgehead atoms. The highest BCUT2D eigenvalue weighted by molar-refractivity contribution is 6.28. The Hall–Kier alpha value is -3.50. The van der Waals surface area contributed by atoms with Crippen LogP contribution in [-0.2, 0) is 31.7 Å². The number of halogens is 5. The largest absolute Gasteiger partial charge is 0.479 e. The summed E-state index contributed by atoms with van der Waals surface area (Å²) in [5.41, 5.74) is 2.88. The maximum Gasteiger partial charge on any atom is 0.449 e. The number of ether oxygens (including phenoxy) is 2. The van der Waals surface area contributed by atoms with Crippen molar-refractivity contribution in [2.24, 2.45) is 0 Å². The van der Waals surface area contributed by atoms with Gasteiger partial charge in [0, 0.05) is 6.42 Å². The molecule has 194 valence electrons. The summed E-state index contributed by atoms with van der Waals surface area (Å²) in [5.74, 6) is -6.11. The first-order valence-corrected chi connectivity index (χ1v) is 10.4. The molecule has 1 saturated heterocycles. The number of fused-ring (bicyclic) bond motifs is 1. The van der Waals surface area contributed by atoms with E-state index < -0.39 is 66.8 Å². The predicted octanol–water partition coefficient (Wildman–Crippen LogP) is 2.47. The smallest absolute Gasteiger partial charge is 0.449 e. The van der Waals surface area contributed by atoms with E-state index >= 15 is 0 Å². The zero-order chi connectivity index (χ0) is 26.4. The summed E-state index contributed by atoms with van der Waals surface area (Å²) in [7, 11) is 0. The monoisotopic (exact) mass is 537 g/mol. The van der Waals surface area contributed by atoms with Crippen molar-refractivity contribution in [3.8, 4) is 0 Å². The minimum absolute atomic E-state index is 0.0589. The third-order valence-corrected chi connectivity index (χ3v) is 5.56. The summed E-state index contributed by atoms with van der Waals surface area (Å²) in [6, 6.07) is 1.32. The van der Waals surface area contributed by atoms with Crippen LogP contribution in [0.15, 0.2) is 22.9 Å². The molecule has 0 amide bonds. The maximum atomic E-state index is 14.8. The normalized spacial score (nSPS) is 20.8. The number of nitrogens with two attached hydrogens (primary N) is 1. The number of nitrogen functional groups attached to an aromatic ring is 1. The van der Waals surface area contributed by atoms with Crippen molar-refractivity contribution in [3.63, 3.8) is 0 Å². The van der Waals surface area contributed by atoms with Crippen LogP contribution in [0.1, 0.15) is 24.2 Å². The van der Waals surface area contributed by atoms with E-state index in [9.17, 15) is 37.4 Å². The molecule has 3 aromatic rings. The number of carboxylic acid groups (broad SMARTS) is 2. The lowest BCUT2D eigenvalue weighted by molar-refractivity contribution is -0.189. The first-order chi connectivity index (χ1) is 16.8. The average Bonchev–Trinajstić information content (AvgIpc) is 3.48. The summed E-state index contributed by atoms with van der Waals surface area (Å²) in [4.78, 5) is 35.4. The van der Waals surface area contributed by atoms with E-state index in [0.717, 1.165) is 6.07 Å². The van der Waals surface area contributed by atoms with E-state index in [1.54, 1.807) is 0 Å². The van der Waals surface area contributed by atoms with Gasteiger partial charge in [-0.3, -0.25) is 4.57 Å². The van der Waals surface area contributed by atoms with Gasteiger partial charge in [0.05, 0.1) is 25.5 Å². The van der Waals surface area contributed by atoms with E-state index in [1.807, 2.05) is 0 Å². The van der Waals surface area contributed by atoms with Crippen molar-refractivity contribution in [3.05, 3.63) is 35.3 Å². The molecule has 3 aromatic heterocycles. The Morgan fingerprint density at radius 3 is 2.56 bits per heavy atom. The fourth-order valence-electron chi connectivity index (χ4n) is 3.67. The molecule has 0 saturated carbocycles. The zero-order valence-corrected chi connectivity index (χ0v) is 18.5. The highest BCUT2D eigenvalue weighted by Crippen LogP contribution is 2.36. The number of hydrogen-bond donors (Lipinski definition) is 3. The number of hydrogen-bond acceptors (Lipinski definition) is 9. The molecule has 1 aliphatic heterocycles. The number of rotatable bonds is 8. The molecular formula is C19H16ClF4N5O7. The Kier molecular flexibility index (Phi) is 6.52. The zero-order valence-electron chi connectivity index (χ0n) is 17.8. The van der Waals surface area contributed by atoms with Gasteiger partial charge < -0.3 is 29.8 Å². The molecular weight excluding hydrogens is 522 g/mol. The van der Waals surface area contributed by atoms with Crippen molar-refractivity contribution in [2.75, 3.05) is 12.3 Å². The van der Waals surface area contributed by atoms with Gasteiger partial charge in [0.25, 0.3) is 5.60 Å². The third-order valence-electron chi connectivity index (χ3n) is 5.40. The standard InChI is InChI=1S/C19H16ClF4N5O7/c20-17-27-12(25)11-13(28-17)29(6-26-11)14-9(21)3-8(36-14)5-34-18(15(30)31,16(32)33)4-7-1-2-10(35-7)19(22,23)24/h1-2,6,8-9,14H,3-5H2,(H,30,31)(H,32,33)(H2,25,27,28). The number of aromatic nitrogens is 4. The van der Waals surface area contributed by atoms with Gasteiger partial charge >= 0.3 is 18.1 Å². The predicted molar refractivity (Wildman–Crippen MR) is 110 cm³/mol. The Bertz CT molecular complexity index is 1300. The van der Waals surface area contributed by atoms with Crippen LogP contribution < -0.4 is 5.73 Å². The van der Waals surface area contributed by atoms with E-state index in [0.29, 0.717) is 6.07 Å². The Labute approximate surface area is 202 Å². The van der Waals surface area contributed by atoms with Crippen LogP contribution in [0.2, 0.25) is 5.28 Å². The minimum Gasteiger partial charge on any atom is -0.479 e. The second-order valence-electron chi connectivity index (χ2n) is 7.79. The first kappa shape index (κ1) is 25.6. The Balaban J connectivity index is 1.52. The van der Waals surface area contributed by atoms with Crippen molar-refractivity contribution in [2.45, 2.75) is 43.1 Å². The highest BCUT2D eigenvalue weighted by atomic mass is 35.5. The number of carboxylic acids is 2. The average molecular weight is 538 g/mol. The number of carbonyl (C=O) groups is 2. The van der Waals surface area contributed by atoms with Crippen LogP contribution in [0.5, 0.6) is 0 Å². The SMILES string of the molecule is Nc1nc(Cl)nc2c1ncn2C1OC(COC(Cc2ccc(C(F)(F)F)o2)(C(=O)O)C(=O)O)CC1F. The van der Waals surface area contributed by atoms with E-state index in [4.69, 9.17) is 26.8 Å². The first-order valence-electron chi connectivity index (χ1n) is 10.0. The summed E-state index contributed by atoms with van der Waals surface area (Å²) < 4.78 is 69.7. The van der Waals surface area contributed by atoms with Gasteiger partial charge in [-0.2, -0.15) is 23.1 Å². The van der Waals surface area contributed by atoms with Crippen LogP contribution >= 0.6 is 11.6 Å². The van der Waals surface area contributed by atoms with Gasteiger partial charge in [-0.1, -0.05) is 0 Å². The second-order valence-corrected chi connectivity index (χ2v) is 8.13. The Morgan fingerprint density at radius 1 is 1.25 bits per heavy atom. The molecule has 4 N–H and O–H groups in total. The molecule has 12 nitrogen and oxygen atoms in total. The van der Waals surface area contributed by atoms with Crippen LogP contribution in [0, 0.1) is 0 Å². The van der Waals surface area contributed by atoms with Crippen molar-refractivity contribution in [1.82, 2.24) is 19.5 Å². The molecule has 1 aliphatic rings. The summed E-state index contributed by atoms with van der Waals surface area (Å²) in [6.07, 6.45) is -9.25. The van der Waals surface area contributed by atoms with Crippen LogP contribution in [-0.4, -0.2) is 66.2 Å². The maximum absolute atomic E-state index is 14.8. The molecule has 4 heterocycles. The lowest BCUT2D eigenvalue weighted by Gasteiger charge is -2.26. The molecule has 0 radical (unpaired) electrons. The fraction of sp³-hybridized carbons (Fsp3) is 0.421. The van der Waals surface area contributed by atoms with E-state index in [2.05, 4.69) is 19.4 Å². The van der Waals surface area contributed by atoms with Crippen molar-refractivity contribution < 1.29 is 51.3 Å². The molecule has 0 aromatic carbocycles. The number of anilines is 1. The molecule has 17 heteroatoms. The van der Waals surface area contributed by atoms with Crippen LogP contribution in [0.4, 0.5) is 23.4 Å². The third kappa shape index (κ3) is 4.66. The van der Waals surface area contributed by atoms with Crippen molar-refractivity contribution in [1.29, 1.82) is 0 Å². The fourth-order valence-corrected chi connectivity index (χ4v) is 3.84. The summed E-state index contributed by atoms with van der Waals surface area (Å²) >= 11 is 5.80. The molecule has 1 fully saturated rings. The molecule has 36 heavy (non-hydrogen) atoms. The highest BCUT2D eigenvalue weighted by Gasteiger charge is 2.51. The van der Waals surface area contributed by atoms with Crippen molar-refractivity contribution >= 4 is 40.5 Å².